The molecule has 0 fully saturated rings. The highest BCUT2D eigenvalue weighted by Crippen LogP contribution is 2.38. The Labute approximate surface area is 142 Å². The van der Waals surface area contributed by atoms with Crippen LogP contribution in [0.1, 0.15) is 29.8 Å². The van der Waals surface area contributed by atoms with Crippen LogP contribution < -0.4 is 5.32 Å². The second-order valence-electron chi connectivity index (χ2n) is 3.84. The van der Waals surface area contributed by atoms with Gasteiger partial charge in [0.15, 0.2) is 0 Å². The molecule has 0 aromatic carbocycles. The summed E-state index contributed by atoms with van der Waals surface area (Å²) in [4.78, 5) is 1.26. The minimum Gasteiger partial charge on any atom is -0.306 e. The third-order valence-electron chi connectivity index (χ3n) is 2.47. The standard InChI is InChI=1S/C12H12BrClINS2/c1-2-3-16-11(7-4-10(15)17-6-7)9-5-8(13)12(14)18-9/h4-6,11,16H,2-3H2,1H3. The van der Waals surface area contributed by atoms with Crippen LogP contribution in [0.3, 0.4) is 0 Å². The monoisotopic (exact) mass is 475 g/mol. The molecule has 6 heteroatoms. The molecule has 1 N–H and O–H groups in total. The van der Waals surface area contributed by atoms with E-state index in [0.717, 1.165) is 21.8 Å². The molecule has 98 valence electrons. The van der Waals surface area contributed by atoms with E-state index in [4.69, 9.17) is 11.6 Å². The molecule has 1 nitrogen and oxygen atoms in total. The van der Waals surface area contributed by atoms with Crippen molar-refractivity contribution in [2.24, 2.45) is 0 Å². The molecule has 1 atom stereocenters. The van der Waals surface area contributed by atoms with Gasteiger partial charge in [0, 0.05) is 9.35 Å². The third-order valence-corrected chi connectivity index (χ3v) is 6.82. The highest BCUT2D eigenvalue weighted by molar-refractivity contribution is 14.1. The van der Waals surface area contributed by atoms with E-state index >= 15 is 0 Å². The van der Waals surface area contributed by atoms with Crippen LogP contribution in [0.5, 0.6) is 0 Å². The molecule has 0 spiro atoms. The van der Waals surface area contributed by atoms with Crippen molar-refractivity contribution in [1.82, 2.24) is 5.32 Å². The molecular formula is C12H12BrClINS2. The van der Waals surface area contributed by atoms with Crippen molar-refractivity contribution in [3.05, 3.63) is 39.6 Å². The minimum absolute atomic E-state index is 0.249. The molecule has 0 radical (unpaired) electrons. The lowest BCUT2D eigenvalue weighted by Gasteiger charge is -2.15. The number of hydrogen-bond donors (Lipinski definition) is 1. The third kappa shape index (κ3) is 3.70. The normalized spacial score (nSPS) is 12.9. The molecule has 0 bridgehead atoms. The topological polar surface area (TPSA) is 12.0 Å². The lowest BCUT2D eigenvalue weighted by molar-refractivity contribution is 0.607. The maximum absolute atomic E-state index is 6.15. The number of rotatable bonds is 5. The molecule has 0 amide bonds. The van der Waals surface area contributed by atoms with E-state index in [-0.39, 0.29) is 6.04 Å². The van der Waals surface area contributed by atoms with E-state index in [1.165, 1.54) is 13.3 Å². The Morgan fingerprint density at radius 2 is 2.28 bits per heavy atom. The molecule has 0 saturated heterocycles. The van der Waals surface area contributed by atoms with Crippen molar-refractivity contribution in [2.75, 3.05) is 6.54 Å². The maximum Gasteiger partial charge on any atom is 0.107 e. The van der Waals surface area contributed by atoms with Crippen LogP contribution in [0.15, 0.2) is 22.0 Å². The average Bonchev–Trinajstić information content (AvgIpc) is 2.88. The molecule has 2 rings (SSSR count). The van der Waals surface area contributed by atoms with Gasteiger partial charge in [0.1, 0.15) is 4.34 Å². The van der Waals surface area contributed by atoms with Crippen molar-refractivity contribution in [3.63, 3.8) is 0 Å². The lowest BCUT2D eigenvalue weighted by Crippen LogP contribution is -2.21. The number of hydrogen-bond acceptors (Lipinski definition) is 3. The fraction of sp³-hybridized carbons (Fsp3) is 0.333. The Balaban J connectivity index is 2.30. The fourth-order valence-electron chi connectivity index (χ4n) is 1.65. The van der Waals surface area contributed by atoms with Gasteiger partial charge in [-0.05, 0) is 74.6 Å². The largest absolute Gasteiger partial charge is 0.306 e. The molecule has 18 heavy (non-hydrogen) atoms. The van der Waals surface area contributed by atoms with Gasteiger partial charge in [-0.3, -0.25) is 0 Å². The molecule has 0 aliphatic rings. The second-order valence-corrected chi connectivity index (χ2v) is 9.19. The van der Waals surface area contributed by atoms with E-state index in [1.54, 1.807) is 22.7 Å². The molecule has 1 unspecified atom stereocenters. The smallest absolute Gasteiger partial charge is 0.107 e. The highest BCUT2D eigenvalue weighted by Gasteiger charge is 2.18. The first-order valence-corrected chi connectivity index (χ1v) is 9.48. The van der Waals surface area contributed by atoms with Crippen LogP contribution in [-0.4, -0.2) is 6.54 Å². The lowest BCUT2D eigenvalue weighted by atomic mass is 10.1. The van der Waals surface area contributed by atoms with Gasteiger partial charge in [-0.15, -0.1) is 22.7 Å². The van der Waals surface area contributed by atoms with Crippen molar-refractivity contribution >= 4 is 72.8 Å². The molecule has 0 saturated carbocycles. The molecule has 2 heterocycles. The van der Waals surface area contributed by atoms with Gasteiger partial charge >= 0.3 is 0 Å². The summed E-state index contributed by atoms with van der Waals surface area (Å²) < 4.78 is 3.11. The fourth-order valence-corrected chi connectivity index (χ4v) is 4.89. The SMILES string of the molecule is CCCNC(c1csc(I)c1)c1cc(Br)c(Cl)s1. The minimum atomic E-state index is 0.249. The first-order valence-electron chi connectivity index (χ1n) is 5.54. The Morgan fingerprint density at radius 3 is 2.78 bits per heavy atom. The summed E-state index contributed by atoms with van der Waals surface area (Å²) in [5.41, 5.74) is 1.32. The Morgan fingerprint density at radius 1 is 1.50 bits per heavy atom. The molecule has 2 aromatic heterocycles. The molecule has 0 aliphatic carbocycles. The van der Waals surface area contributed by atoms with E-state index in [1.807, 2.05) is 0 Å². The summed E-state index contributed by atoms with van der Waals surface area (Å²) >= 11 is 15.4. The van der Waals surface area contributed by atoms with Crippen molar-refractivity contribution < 1.29 is 0 Å². The highest BCUT2D eigenvalue weighted by atomic mass is 127. The summed E-state index contributed by atoms with van der Waals surface area (Å²) in [5.74, 6) is 0. The van der Waals surface area contributed by atoms with Crippen molar-refractivity contribution in [2.45, 2.75) is 19.4 Å². The van der Waals surface area contributed by atoms with Gasteiger partial charge in [0.05, 0.1) is 8.93 Å². The first-order chi connectivity index (χ1) is 8.61. The zero-order valence-electron chi connectivity index (χ0n) is 9.67. The zero-order valence-corrected chi connectivity index (χ0v) is 15.8. The van der Waals surface area contributed by atoms with E-state index in [0.29, 0.717) is 0 Å². The summed E-state index contributed by atoms with van der Waals surface area (Å²) in [6, 6.07) is 4.60. The van der Waals surface area contributed by atoms with Gasteiger partial charge in [-0.25, -0.2) is 0 Å². The summed E-state index contributed by atoms with van der Waals surface area (Å²) in [7, 11) is 0. The van der Waals surface area contributed by atoms with Gasteiger partial charge in [0.25, 0.3) is 0 Å². The first kappa shape index (κ1) is 15.3. The summed E-state index contributed by atoms with van der Waals surface area (Å²) in [6.45, 7) is 3.18. The molecule has 0 aliphatic heterocycles. The van der Waals surface area contributed by atoms with E-state index in [2.05, 4.69) is 68.3 Å². The predicted octanol–water partition coefficient (Wildman–Crippen LogP) is 5.92. The maximum atomic E-state index is 6.15. The van der Waals surface area contributed by atoms with Crippen molar-refractivity contribution in [1.29, 1.82) is 0 Å². The Bertz CT molecular complexity index is 506. The quantitative estimate of drug-likeness (QED) is 0.529. The van der Waals surface area contributed by atoms with Crippen LogP contribution in [0, 0.1) is 2.88 Å². The van der Waals surface area contributed by atoms with Gasteiger partial charge in [-0.1, -0.05) is 18.5 Å². The average molecular weight is 477 g/mol. The van der Waals surface area contributed by atoms with Gasteiger partial charge in [-0.2, -0.15) is 0 Å². The summed E-state index contributed by atoms with van der Waals surface area (Å²) in [6.07, 6.45) is 1.12. The number of thiophene rings is 2. The van der Waals surface area contributed by atoms with Crippen LogP contribution in [0.25, 0.3) is 0 Å². The second kappa shape index (κ2) is 7.04. The number of nitrogens with one attached hydrogen (secondary N) is 1. The van der Waals surface area contributed by atoms with Crippen LogP contribution in [0.2, 0.25) is 4.34 Å². The van der Waals surface area contributed by atoms with Crippen LogP contribution in [0.4, 0.5) is 0 Å². The number of halogens is 3. The van der Waals surface area contributed by atoms with E-state index < -0.39 is 0 Å². The Hall–Kier alpha value is 0.860. The zero-order chi connectivity index (χ0) is 13.1. The summed E-state index contributed by atoms with van der Waals surface area (Å²) in [5, 5.41) is 5.81. The van der Waals surface area contributed by atoms with Gasteiger partial charge in [0.2, 0.25) is 0 Å². The van der Waals surface area contributed by atoms with Gasteiger partial charge < -0.3 is 5.32 Å². The Kier molecular flexibility index (Phi) is 5.96. The molecular weight excluding hydrogens is 465 g/mol. The van der Waals surface area contributed by atoms with Crippen molar-refractivity contribution in [3.8, 4) is 0 Å². The predicted molar refractivity (Wildman–Crippen MR) is 94.2 cm³/mol. The molecule has 2 aromatic rings. The van der Waals surface area contributed by atoms with Crippen LogP contribution in [-0.2, 0) is 0 Å². The van der Waals surface area contributed by atoms with Crippen LogP contribution >= 0.6 is 72.8 Å². The van der Waals surface area contributed by atoms with E-state index in [9.17, 15) is 0 Å².